The van der Waals surface area contributed by atoms with Crippen LogP contribution in [-0.4, -0.2) is 25.9 Å². The third kappa shape index (κ3) is 1.44. The van der Waals surface area contributed by atoms with Crippen molar-refractivity contribution in [2.24, 2.45) is 5.73 Å². The van der Waals surface area contributed by atoms with Gasteiger partial charge in [-0.2, -0.15) is 0 Å². The largest absolute Gasteiger partial charge is 0.496 e. The fourth-order valence-corrected chi connectivity index (χ4v) is 3.21. The van der Waals surface area contributed by atoms with E-state index in [-0.39, 0.29) is 11.0 Å². The first-order valence-corrected chi connectivity index (χ1v) is 6.55. The van der Waals surface area contributed by atoms with Gasteiger partial charge in [0.15, 0.2) is 0 Å². The molecule has 1 saturated carbocycles. The summed E-state index contributed by atoms with van der Waals surface area (Å²) in [5, 5.41) is 0. The smallest absolute Gasteiger partial charge is 0.124 e. The van der Waals surface area contributed by atoms with E-state index in [1.165, 1.54) is 16.7 Å². The molecule has 1 saturated heterocycles. The van der Waals surface area contributed by atoms with Gasteiger partial charge in [0.05, 0.1) is 25.7 Å². The fourth-order valence-electron chi connectivity index (χ4n) is 3.21. The normalized spacial score (nSPS) is 23.3. The summed E-state index contributed by atoms with van der Waals surface area (Å²) in [7, 11) is 1.72. The molecule has 0 aromatic heterocycles. The Balaban J connectivity index is 2.07. The molecule has 2 N–H and O–H groups in total. The lowest BCUT2D eigenvalue weighted by Gasteiger charge is -2.47. The third-order valence-corrected chi connectivity index (χ3v) is 4.66. The first kappa shape index (κ1) is 12.0. The van der Waals surface area contributed by atoms with Crippen LogP contribution in [0.2, 0.25) is 0 Å². The molecule has 1 aromatic rings. The number of nitrogens with two attached hydrogens (primary N) is 1. The van der Waals surface area contributed by atoms with E-state index in [0.29, 0.717) is 0 Å². The summed E-state index contributed by atoms with van der Waals surface area (Å²) in [6.07, 6.45) is 2.22. The Morgan fingerprint density at radius 2 is 1.72 bits per heavy atom. The molecule has 0 atom stereocenters. The number of aryl methyl sites for hydroxylation is 2. The van der Waals surface area contributed by atoms with Gasteiger partial charge in [-0.25, -0.2) is 0 Å². The van der Waals surface area contributed by atoms with Crippen molar-refractivity contribution in [3.63, 3.8) is 0 Å². The zero-order chi connectivity index (χ0) is 13.0. The maximum Gasteiger partial charge on any atom is 0.124 e. The molecule has 18 heavy (non-hydrogen) atoms. The molecule has 0 unspecified atom stereocenters. The highest BCUT2D eigenvalue weighted by Crippen LogP contribution is 2.54. The number of hydrogen-bond acceptors (Lipinski definition) is 3. The van der Waals surface area contributed by atoms with Gasteiger partial charge in [0, 0.05) is 5.54 Å². The van der Waals surface area contributed by atoms with Gasteiger partial charge in [-0.05, 0) is 43.4 Å². The molecule has 0 spiro atoms. The molecular weight excluding hydrogens is 226 g/mol. The standard InChI is InChI=1S/C15H21NO2/c1-10-6-12(7-11(2)13(10)17-3)14(8-18-9-14)15(16)4-5-15/h6-7H,4-5,8-9,16H2,1-3H3. The van der Waals surface area contributed by atoms with E-state index in [9.17, 15) is 0 Å². The molecule has 2 aliphatic rings. The Bertz CT molecular complexity index is 464. The number of ether oxygens (including phenoxy) is 2. The van der Waals surface area contributed by atoms with Crippen molar-refractivity contribution in [2.75, 3.05) is 20.3 Å². The second-order valence-electron chi connectivity index (χ2n) is 5.87. The third-order valence-electron chi connectivity index (χ3n) is 4.66. The lowest BCUT2D eigenvalue weighted by atomic mass is 9.70. The Kier molecular flexibility index (Phi) is 2.48. The van der Waals surface area contributed by atoms with Crippen LogP contribution in [0.1, 0.15) is 29.5 Å². The first-order valence-electron chi connectivity index (χ1n) is 6.55. The van der Waals surface area contributed by atoms with Crippen molar-refractivity contribution in [1.82, 2.24) is 0 Å². The highest BCUT2D eigenvalue weighted by molar-refractivity contribution is 5.48. The number of benzene rings is 1. The molecule has 0 bridgehead atoms. The summed E-state index contributed by atoms with van der Waals surface area (Å²) in [6, 6.07) is 4.45. The molecule has 2 fully saturated rings. The van der Waals surface area contributed by atoms with Gasteiger partial charge in [0.2, 0.25) is 0 Å². The van der Waals surface area contributed by atoms with Crippen LogP contribution >= 0.6 is 0 Å². The van der Waals surface area contributed by atoms with Crippen molar-refractivity contribution in [1.29, 1.82) is 0 Å². The molecular formula is C15H21NO2. The fraction of sp³-hybridized carbons (Fsp3) is 0.600. The minimum atomic E-state index is -0.0429. The second-order valence-corrected chi connectivity index (χ2v) is 5.87. The molecule has 1 heterocycles. The number of hydrogen-bond donors (Lipinski definition) is 1. The van der Waals surface area contributed by atoms with Crippen LogP contribution in [0.4, 0.5) is 0 Å². The Morgan fingerprint density at radius 1 is 1.17 bits per heavy atom. The van der Waals surface area contributed by atoms with Crippen LogP contribution < -0.4 is 10.5 Å². The molecule has 1 aliphatic carbocycles. The van der Waals surface area contributed by atoms with Crippen LogP contribution in [0.3, 0.4) is 0 Å². The average molecular weight is 247 g/mol. The van der Waals surface area contributed by atoms with Gasteiger partial charge in [-0.1, -0.05) is 12.1 Å². The summed E-state index contributed by atoms with van der Waals surface area (Å²) in [5.74, 6) is 0.982. The quantitative estimate of drug-likeness (QED) is 0.889. The zero-order valence-electron chi connectivity index (χ0n) is 11.4. The minimum Gasteiger partial charge on any atom is -0.496 e. The molecule has 3 heteroatoms. The van der Waals surface area contributed by atoms with Crippen molar-refractivity contribution < 1.29 is 9.47 Å². The van der Waals surface area contributed by atoms with Crippen LogP contribution in [0, 0.1) is 13.8 Å². The highest BCUT2D eigenvalue weighted by atomic mass is 16.5. The summed E-state index contributed by atoms with van der Waals surface area (Å²) in [5.41, 5.74) is 10.2. The summed E-state index contributed by atoms with van der Waals surface area (Å²) < 4.78 is 10.9. The summed E-state index contributed by atoms with van der Waals surface area (Å²) >= 11 is 0. The van der Waals surface area contributed by atoms with Gasteiger partial charge in [-0.3, -0.25) is 0 Å². The summed E-state index contributed by atoms with van der Waals surface area (Å²) in [6.45, 7) is 5.71. The van der Waals surface area contributed by atoms with E-state index < -0.39 is 0 Å². The van der Waals surface area contributed by atoms with E-state index in [2.05, 4.69) is 26.0 Å². The van der Waals surface area contributed by atoms with Gasteiger partial charge in [0.25, 0.3) is 0 Å². The van der Waals surface area contributed by atoms with Crippen LogP contribution in [-0.2, 0) is 10.2 Å². The van der Waals surface area contributed by atoms with Crippen LogP contribution in [0.15, 0.2) is 12.1 Å². The number of rotatable bonds is 3. The van der Waals surface area contributed by atoms with Crippen molar-refractivity contribution in [3.05, 3.63) is 28.8 Å². The maximum absolute atomic E-state index is 6.48. The van der Waals surface area contributed by atoms with E-state index in [0.717, 1.165) is 31.8 Å². The van der Waals surface area contributed by atoms with Crippen molar-refractivity contribution in [3.8, 4) is 5.75 Å². The van der Waals surface area contributed by atoms with E-state index in [4.69, 9.17) is 15.2 Å². The zero-order valence-corrected chi connectivity index (χ0v) is 11.4. The Hall–Kier alpha value is -1.06. The molecule has 1 aliphatic heterocycles. The van der Waals surface area contributed by atoms with Crippen molar-refractivity contribution in [2.45, 2.75) is 37.6 Å². The van der Waals surface area contributed by atoms with E-state index in [1.54, 1.807) is 7.11 Å². The summed E-state index contributed by atoms with van der Waals surface area (Å²) in [4.78, 5) is 0. The molecule has 0 radical (unpaired) electrons. The monoisotopic (exact) mass is 247 g/mol. The molecule has 3 rings (SSSR count). The second kappa shape index (κ2) is 3.72. The molecule has 98 valence electrons. The minimum absolute atomic E-state index is 0.0365. The molecule has 3 nitrogen and oxygen atoms in total. The van der Waals surface area contributed by atoms with Crippen LogP contribution in [0.5, 0.6) is 5.75 Å². The lowest BCUT2D eigenvalue weighted by Crippen LogP contribution is -2.60. The predicted molar refractivity (Wildman–Crippen MR) is 71.1 cm³/mol. The van der Waals surface area contributed by atoms with Gasteiger partial charge in [-0.15, -0.1) is 0 Å². The molecule has 0 amide bonds. The van der Waals surface area contributed by atoms with Crippen molar-refractivity contribution >= 4 is 0 Å². The predicted octanol–water partition coefficient (Wildman–Crippen LogP) is 2.07. The maximum atomic E-state index is 6.48. The SMILES string of the molecule is COc1c(C)cc(C2(C3(N)CC3)COC2)cc1C. The van der Waals surface area contributed by atoms with Crippen LogP contribution in [0.25, 0.3) is 0 Å². The lowest BCUT2D eigenvalue weighted by molar-refractivity contribution is -0.0786. The Labute approximate surface area is 108 Å². The van der Waals surface area contributed by atoms with Gasteiger partial charge in [0.1, 0.15) is 5.75 Å². The molecule has 1 aromatic carbocycles. The van der Waals surface area contributed by atoms with Gasteiger partial charge < -0.3 is 15.2 Å². The topological polar surface area (TPSA) is 44.5 Å². The highest BCUT2D eigenvalue weighted by Gasteiger charge is 2.61. The van der Waals surface area contributed by atoms with Gasteiger partial charge >= 0.3 is 0 Å². The van der Waals surface area contributed by atoms with E-state index >= 15 is 0 Å². The van der Waals surface area contributed by atoms with E-state index in [1.807, 2.05) is 0 Å². The Morgan fingerprint density at radius 3 is 2.06 bits per heavy atom. The average Bonchev–Trinajstić information content (AvgIpc) is 2.95. The number of methoxy groups -OCH3 is 1. The first-order chi connectivity index (χ1) is 8.52.